The summed E-state index contributed by atoms with van der Waals surface area (Å²) >= 11 is 0. The first kappa shape index (κ1) is 22.3. The van der Waals surface area contributed by atoms with Crippen molar-refractivity contribution in [2.75, 3.05) is 32.1 Å². The Balaban J connectivity index is 1.46. The van der Waals surface area contributed by atoms with Gasteiger partial charge in [0.05, 0.1) is 31.0 Å². The second-order valence-electron chi connectivity index (χ2n) is 9.10. The van der Waals surface area contributed by atoms with E-state index in [-0.39, 0.29) is 30.3 Å². The number of likely N-dealkylation sites (tertiary alicyclic amines) is 1. The van der Waals surface area contributed by atoms with Gasteiger partial charge < -0.3 is 20.5 Å². The third-order valence-corrected chi connectivity index (χ3v) is 6.74. The average Bonchev–Trinajstić information content (AvgIpc) is 3.55. The molecule has 2 aromatic rings. The number of benzene rings is 2. The molecule has 0 unspecified atom stereocenters. The molecule has 1 aliphatic heterocycles. The molecule has 2 fully saturated rings. The second kappa shape index (κ2) is 8.92. The Morgan fingerprint density at radius 2 is 1.78 bits per heavy atom. The lowest BCUT2D eigenvalue weighted by atomic mass is 9.78. The van der Waals surface area contributed by atoms with Crippen LogP contribution in [0.15, 0.2) is 54.6 Å². The average molecular weight is 438 g/mol. The largest absolute Gasteiger partial charge is 0.495 e. The smallest absolute Gasteiger partial charge is 0.238 e. The van der Waals surface area contributed by atoms with Gasteiger partial charge in [-0.3, -0.25) is 14.5 Å². The summed E-state index contributed by atoms with van der Waals surface area (Å²) < 4.78 is 5.29. The van der Waals surface area contributed by atoms with E-state index in [0.717, 1.165) is 18.4 Å². The number of β-amino-alcohol motifs (C(OH)–C–C–N with tert-alkyl or cyclic N) is 1. The molecule has 1 saturated heterocycles. The van der Waals surface area contributed by atoms with Crippen LogP contribution in [-0.4, -0.2) is 54.7 Å². The third-order valence-electron chi connectivity index (χ3n) is 6.74. The highest BCUT2D eigenvalue weighted by Gasteiger charge is 2.51. The SMILES string of the molecule is COc1ccccc1NC(=O)CN1CC[C@@](NC(=O)C2(C)CC2)(c2ccccc2)[C@H](O)C1. The van der Waals surface area contributed by atoms with Crippen molar-refractivity contribution in [3.05, 3.63) is 60.2 Å². The minimum Gasteiger partial charge on any atom is -0.495 e. The van der Waals surface area contributed by atoms with Crippen molar-refractivity contribution in [2.45, 2.75) is 37.8 Å². The summed E-state index contributed by atoms with van der Waals surface area (Å²) in [4.78, 5) is 27.5. The van der Waals surface area contributed by atoms with Crippen LogP contribution in [0.2, 0.25) is 0 Å². The number of para-hydroxylation sites is 2. The zero-order chi connectivity index (χ0) is 22.8. The molecular formula is C25H31N3O4. The molecule has 0 bridgehead atoms. The number of carbonyl (C=O) groups is 2. The molecule has 2 aromatic carbocycles. The summed E-state index contributed by atoms with van der Waals surface area (Å²) in [7, 11) is 1.56. The predicted octanol–water partition coefficient (Wildman–Crippen LogP) is 2.51. The van der Waals surface area contributed by atoms with Gasteiger partial charge in [-0.25, -0.2) is 0 Å². The van der Waals surface area contributed by atoms with E-state index in [9.17, 15) is 14.7 Å². The van der Waals surface area contributed by atoms with E-state index in [2.05, 4.69) is 10.6 Å². The van der Waals surface area contributed by atoms with Crippen molar-refractivity contribution >= 4 is 17.5 Å². The van der Waals surface area contributed by atoms with Crippen LogP contribution >= 0.6 is 0 Å². The van der Waals surface area contributed by atoms with E-state index >= 15 is 0 Å². The van der Waals surface area contributed by atoms with Crippen molar-refractivity contribution in [2.24, 2.45) is 5.41 Å². The monoisotopic (exact) mass is 437 g/mol. The Hall–Kier alpha value is -2.90. The molecule has 1 aliphatic carbocycles. The molecule has 1 saturated carbocycles. The number of nitrogens with one attached hydrogen (secondary N) is 2. The Morgan fingerprint density at radius 1 is 1.09 bits per heavy atom. The Bertz CT molecular complexity index is 976. The lowest BCUT2D eigenvalue weighted by Gasteiger charge is -2.46. The van der Waals surface area contributed by atoms with E-state index in [1.54, 1.807) is 19.2 Å². The van der Waals surface area contributed by atoms with Crippen LogP contribution in [0.4, 0.5) is 5.69 Å². The van der Waals surface area contributed by atoms with E-state index in [0.29, 0.717) is 24.4 Å². The molecule has 2 atom stereocenters. The summed E-state index contributed by atoms with van der Waals surface area (Å²) in [6.07, 6.45) is 1.41. The summed E-state index contributed by atoms with van der Waals surface area (Å²) in [6.45, 7) is 2.96. The maximum absolute atomic E-state index is 12.9. The fourth-order valence-electron chi connectivity index (χ4n) is 4.34. The number of rotatable bonds is 7. The standard InChI is InChI=1S/C25H31N3O4/c1-24(12-13-24)23(31)27-25(18-8-4-3-5-9-18)14-15-28(16-21(25)29)17-22(30)26-19-10-6-7-11-20(19)32-2/h3-11,21,29H,12-17H2,1-2H3,(H,26,30)(H,27,31)/t21-,25-/m1/s1. The van der Waals surface area contributed by atoms with E-state index in [1.807, 2.05) is 54.3 Å². The molecule has 2 aliphatic rings. The summed E-state index contributed by atoms with van der Waals surface area (Å²) in [6, 6.07) is 16.9. The zero-order valence-corrected chi connectivity index (χ0v) is 18.6. The first-order chi connectivity index (χ1) is 15.4. The highest BCUT2D eigenvalue weighted by molar-refractivity contribution is 5.93. The zero-order valence-electron chi connectivity index (χ0n) is 18.6. The van der Waals surface area contributed by atoms with Gasteiger partial charge in [-0.1, -0.05) is 49.4 Å². The fraction of sp³-hybridized carbons (Fsp3) is 0.440. The molecule has 1 heterocycles. The molecule has 4 rings (SSSR count). The lowest BCUT2D eigenvalue weighted by Crippen LogP contribution is -2.63. The van der Waals surface area contributed by atoms with Gasteiger partial charge in [0.2, 0.25) is 11.8 Å². The first-order valence-electron chi connectivity index (χ1n) is 11.1. The third kappa shape index (κ3) is 4.49. The van der Waals surface area contributed by atoms with Gasteiger partial charge in [0.1, 0.15) is 5.75 Å². The van der Waals surface area contributed by atoms with Crippen LogP contribution in [0.25, 0.3) is 0 Å². The number of carbonyl (C=O) groups excluding carboxylic acids is 2. The molecule has 2 amide bonds. The molecule has 7 heteroatoms. The maximum atomic E-state index is 12.9. The molecule has 3 N–H and O–H groups in total. The van der Waals surface area contributed by atoms with Crippen LogP contribution in [-0.2, 0) is 15.1 Å². The number of ether oxygens (including phenoxy) is 1. The maximum Gasteiger partial charge on any atom is 0.238 e. The minimum absolute atomic E-state index is 0.0113. The minimum atomic E-state index is -0.862. The number of methoxy groups -OCH3 is 1. The molecule has 170 valence electrons. The summed E-state index contributed by atoms with van der Waals surface area (Å²) in [5.41, 5.74) is 0.302. The number of aliphatic hydroxyl groups excluding tert-OH is 1. The number of hydrogen-bond acceptors (Lipinski definition) is 5. The number of hydrogen-bond donors (Lipinski definition) is 3. The van der Waals surface area contributed by atoms with Crippen LogP contribution < -0.4 is 15.4 Å². The van der Waals surface area contributed by atoms with Gasteiger partial charge in [0, 0.05) is 18.5 Å². The van der Waals surface area contributed by atoms with Crippen LogP contribution in [0.5, 0.6) is 5.75 Å². The Labute approximate surface area is 188 Å². The normalized spacial score (nSPS) is 24.4. The van der Waals surface area contributed by atoms with Crippen molar-refractivity contribution in [3.63, 3.8) is 0 Å². The molecule has 32 heavy (non-hydrogen) atoms. The number of aliphatic hydroxyl groups is 1. The summed E-state index contributed by atoms with van der Waals surface area (Å²) in [5.74, 6) is 0.408. The molecular weight excluding hydrogens is 406 g/mol. The number of anilines is 1. The predicted molar refractivity (Wildman–Crippen MR) is 122 cm³/mol. The van der Waals surface area contributed by atoms with Gasteiger partial charge in [-0.05, 0) is 37.0 Å². The van der Waals surface area contributed by atoms with Gasteiger partial charge in [-0.15, -0.1) is 0 Å². The molecule has 0 spiro atoms. The van der Waals surface area contributed by atoms with E-state index < -0.39 is 11.6 Å². The molecule has 0 radical (unpaired) electrons. The van der Waals surface area contributed by atoms with Gasteiger partial charge in [-0.2, -0.15) is 0 Å². The number of amides is 2. The van der Waals surface area contributed by atoms with Crippen LogP contribution in [0.1, 0.15) is 31.7 Å². The topological polar surface area (TPSA) is 90.9 Å². The highest BCUT2D eigenvalue weighted by atomic mass is 16.5. The fourth-order valence-corrected chi connectivity index (χ4v) is 4.34. The van der Waals surface area contributed by atoms with Gasteiger partial charge in [0.25, 0.3) is 0 Å². The quantitative estimate of drug-likeness (QED) is 0.619. The number of nitrogens with zero attached hydrogens (tertiary/aromatic N) is 1. The van der Waals surface area contributed by atoms with E-state index in [1.165, 1.54) is 0 Å². The summed E-state index contributed by atoms with van der Waals surface area (Å²) in [5, 5.41) is 17.3. The van der Waals surface area contributed by atoms with Gasteiger partial charge in [0.15, 0.2) is 0 Å². The molecule has 7 nitrogen and oxygen atoms in total. The van der Waals surface area contributed by atoms with Crippen LogP contribution in [0, 0.1) is 5.41 Å². The van der Waals surface area contributed by atoms with Gasteiger partial charge >= 0.3 is 0 Å². The van der Waals surface area contributed by atoms with Crippen molar-refractivity contribution < 1.29 is 19.4 Å². The highest BCUT2D eigenvalue weighted by Crippen LogP contribution is 2.46. The number of piperidine rings is 1. The lowest BCUT2D eigenvalue weighted by molar-refractivity contribution is -0.132. The second-order valence-corrected chi connectivity index (χ2v) is 9.10. The Kier molecular flexibility index (Phi) is 6.22. The van der Waals surface area contributed by atoms with Crippen LogP contribution in [0.3, 0.4) is 0 Å². The van der Waals surface area contributed by atoms with Crippen molar-refractivity contribution in [1.82, 2.24) is 10.2 Å². The molecule has 0 aromatic heterocycles. The van der Waals surface area contributed by atoms with Crippen molar-refractivity contribution in [3.8, 4) is 5.75 Å². The Morgan fingerprint density at radius 3 is 2.44 bits per heavy atom. The van der Waals surface area contributed by atoms with E-state index in [4.69, 9.17) is 4.74 Å². The van der Waals surface area contributed by atoms with Crippen molar-refractivity contribution in [1.29, 1.82) is 0 Å². The first-order valence-corrected chi connectivity index (χ1v) is 11.1.